The van der Waals surface area contributed by atoms with Gasteiger partial charge in [-0.1, -0.05) is 0 Å². The van der Waals surface area contributed by atoms with Gasteiger partial charge in [-0.3, -0.25) is 5.10 Å². The van der Waals surface area contributed by atoms with Gasteiger partial charge in [0, 0.05) is 18.2 Å². The number of nitrogens with one attached hydrogen (secondary N) is 2. The van der Waals surface area contributed by atoms with Crippen molar-refractivity contribution in [2.75, 3.05) is 5.73 Å². The fraction of sp³-hybridized carbons (Fsp3) is 0.111. The Balaban J connectivity index is 2.14. The summed E-state index contributed by atoms with van der Waals surface area (Å²) in [7, 11) is -3.83. The van der Waals surface area contributed by atoms with Crippen LogP contribution in [0, 0.1) is 10.1 Å². The number of aromatic nitrogens is 3. The number of pyridine rings is 1. The number of nitro groups is 1. The highest BCUT2D eigenvalue weighted by Crippen LogP contribution is 2.13. The monoisotopic (exact) mass is 298 g/mol. The van der Waals surface area contributed by atoms with Gasteiger partial charge in [0.2, 0.25) is 10.0 Å². The third-order valence-electron chi connectivity index (χ3n) is 2.42. The van der Waals surface area contributed by atoms with Crippen molar-refractivity contribution < 1.29 is 13.3 Å². The van der Waals surface area contributed by atoms with Crippen molar-refractivity contribution in [2.24, 2.45) is 0 Å². The van der Waals surface area contributed by atoms with Crippen LogP contribution in [-0.2, 0) is 16.6 Å². The molecule has 2 heterocycles. The lowest BCUT2D eigenvalue weighted by Gasteiger charge is -2.04. The maximum absolute atomic E-state index is 11.9. The molecular weight excluding hydrogens is 288 g/mol. The number of nitrogens with zero attached hydrogens (tertiary/aromatic N) is 3. The third-order valence-corrected chi connectivity index (χ3v) is 3.81. The summed E-state index contributed by atoms with van der Waals surface area (Å²) in [4.78, 5) is 13.0. The number of hydrogen-bond donors (Lipinski definition) is 3. The molecule has 2 rings (SSSR count). The molecule has 2 aromatic rings. The molecule has 4 N–H and O–H groups in total. The first-order valence-corrected chi connectivity index (χ1v) is 6.76. The molecule has 20 heavy (non-hydrogen) atoms. The standard InChI is InChI=1S/C9H10N6O4S/c10-9-6(3-12-14-9)4-13-20(18,19)7-1-2-8(11-5-7)15(16)17/h1-3,5,13H,4H2,(H3,10,12,14). The minimum atomic E-state index is -3.83. The zero-order chi connectivity index (χ0) is 14.8. The van der Waals surface area contributed by atoms with E-state index in [0.29, 0.717) is 5.56 Å². The minimum absolute atomic E-state index is 0.0539. The van der Waals surface area contributed by atoms with E-state index in [1.165, 1.54) is 6.20 Å². The molecule has 0 aliphatic carbocycles. The van der Waals surface area contributed by atoms with Crippen LogP contribution in [0.2, 0.25) is 0 Å². The lowest BCUT2D eigenvalue weighted by Crippen LogP contribution is -2.23. The topological polar surface area (TPSA) is 157 Å². The molecule has 0 aliphatic rings. The molecule has 2 aromatic heterocycles. The summed E-state index contributed by atoms with van der Waals surface area (Å²) in [6.45, 7) is -0.0539. The highest BCUT2D eigenvalue weighted by molar-refractivity contribution is 7.89. The maximum atomic E-state index is 11.9. The van der Waals surface area contributed by atoms with Crippen molar-refractivity contribution in [3.63, 3.8) is 0 Å². The Morgan fingerprint density at radius 2 is 2.15 bits per heavy atom. The van der Waals surface area contributed by atoms with Gasteiger partial charge in [0.1, 0.15) is 10.7 Å². The molecule has 0 bridgehead atoms. The summed E-state index contributed by atoms with van der Waals surface area (Å²) in [5.74, 6) is -0.169. The van der Waals surface area contributed by atoms with Gasteiger partial charge in [-0.05, 0) is 16.0 Å². The maximum Gasteiger partial charge on any atom is 0.363 e. The Hall–Kier alpha value is -2.53. The van der Waals surface area contributed by atoms with Gasteiger partial charge in [-0.25, -0.2) is 13.1 Å². The molecule has 0 fully saturated rings. The van der Waals surface area contributed by atoms with Gasteiger partial charge in [0.05, 0.1) is 6.20 Å². The first-order chi connectivity index (χ1) is 9.40. The molecule has 0 spiro atoms. The van der Waals surface area contributed by atoms with E-state index in [0.717, 1.165) is 18.3 Å². The van der Waals surface area contributed by atoms with Crippen molar-refractivity contribution in [2.45, 2.75) is 11.4 Å². The Labute approximate surface area is 113 Å². The Morgan fingerprint density at radius 3 is 2.65 bits per heavy atom. The van der Waals surface area contributed by atoms with E-state index in [1.807, 2.05) is 0 Å². The molecular formula is C9H10N6O4S. The molecule has 0 radical (unpaired) electrons. The SMILES string of the molecule is Nc1[nH]ncc1CNS(=O)(=O)c1ccc([N+](=O)[O-])nc1. The molecule has 0 atom stereocenters. The summed E-state index contributed by atoms with van der Waals surface area (Å²) in [5, 5.41) is 16.6. The molecule has 0 aliphatic heterocycles. The number of anilines is 1. The van der Waals surface area contributed by atoms with Crippen LogP contribution >= 0.6 is 0 Å². The average molecular weight is 298 g/mol. The van der Waals surface area contributed by atoms with Crippen LogP contribution in [0.25, 0.3) is 0 Å². The molecule has 0 unspecified atom stereocenters. The van der Waals surface area contributed by atoms with Crippen LogP contribution in [0.5, 0.6) is 0 Å². The molecule has 10 nitrogen and oxygen atoms in total. The van der Waals surface area contributed by atoms with Gasteiger partial charge >= 0.3 is 5.82 Å². The van der Waals surface area contributed by atoms with Crippen LogP contribution in [0.15, 0.2) is 29.4 Å². The molecule has 0 saturated carbocycles. The van der Waals surface area contributed by atoms with E-state index < -0.39 is 20.8 Å². The Kier molecular flexibility index (Phi) is 3.63. The predicted molar refractivity (Wildman–Crippen MR) is 67.9 cm³/mol. The normalized spacial score (nSPS) is 11.4. The van der Waals surface area contributed by atoms with E-state index >= 15 is 0 Å². The number of H-pyrrole nitrogens is 1. The van der Waals surface area contributed by atoms with Crippen LogP contribution < -0.4 is 10.5 Å². The van der Waals surface area contributed by atoms with Gasteiger partial charge in [0.15, 0.2) is 6.20 Å². The van der Waals surface area contributed by atoms with E-state index in [4.69, 9.17) is 5.73 Å². The zero-order valence-corrected chi connectivity index (χ0v) is 10.8. The van der Waals surface area contributed by atoms with Gasteiger partial charge < -0.3 is 15.8 Å². The van der Waals surface area contributed by atoms with E-state index in [2.05, 4.69) is 19.9 Å². The summed E-state index contributed by atoms with van der Waals surface area (Å²) >= 11 is 0. The number of rotatable bonds is 5. The van der Waals surface area contributed by atoms with Crippen LogP contribution in [0.3, 0.4) is 0 Å². The summed E-state index contributed by atoms with van der Waals surface area (Å²) in [6.07, 6.45) is 2.31. The molecule has 0 aromatic carbocycles. The first-order valence-electron chi connectivity index (χ1n) is 5.28. The molecule has 106 valence electrons. The van der Waals surface area contributed by atoms with Crippen molar-refractivity contribution in [3.8, 4) is 0 Å². The number of nitrogen functional groups attached to an aromatic ring is 1. The third kappa shape index (κ3) is 2.89. The highest BCUT2D eigenvalue weighted by atomic mass is 32.2. The van der Waals surface area contributed by atoms with Crippen LogP contribution in [-0.4, -0.2) is 28.5 Å². The van der Waals surface area contributed by atoms with Crippen molar-refractivity contribution in [3.05, 3.63) is 40.2 Å². The van der Waals surface area contributed by atoms with Crippen LogP contribution in [0.1, 0.15) is 5.56 Å². The number of sulfonamides is 1. The fourth-order valence-corrected chi connectivity index (χ4v) is 2.31. The molecule has 11 heteroatoms. The summed E-state index contributed by atoms with van der Waals surface area (Å²) < 4.78 is 26.1. The minimum Gasteiger partial charge on any atom is -0.384 e. The van der Waals surface area contributed by atoms with E-state index in [9.17, 15) is 18.5 Å². The number of nitrogens with two attached hydrogens (primary N) is 1. The predicted octanol–water partition coefficient (Wildman–Crippen LogP) is -0.226. The van der Waals surface area contributed by atoms with Crippen LogP contribution in [0.4, 0.5) is 11.6 Å². The number of hydrogen-bond acceptors (Lipinski definition) is 7. The zero-order valence-electron chi connectivity index (χ0n) is 9.98. The highest BCUT2D eigenvalue weighted by Gasteiger charge is 2.18. The first kappa shape index (κ1) is 13.9. The van der Waals surface area contributed by atoms with Gasteiger partial charge in [-0.2, -0.15) is 5.10 Å². The Bertz CT molecular complexity index is 723. The smallest absolute Gasteiger partial charge is 0.363 e. The second-order valence-corrected chi connectivity index (χ2v) is 5.51. The largest absolute Gasteiger partial charge is 0.384 e. The van der Waals surface area contributed by atoms with Gasteiger partial charge in [0.25, 0.3) is 0 Å². The van der Waals surface area contributed by atoms with Gasteiger partial charge in [-0.15, -0.1) is 0 Å². The van der Waals surface area contributed by atoms with E-state index in [1.54, 1.807) is 0 Å². The Morgan fingerprint density at radius 1 is 1.40 bits per heavy atom. The second kappa shape index (κ2) is 5.22. The van der Waals surface area contributed by atoms with Crippen molar-refractivity contribution >= 4 is 21.7 Å². The number of aromatic amines is 1. The fourth-order valence-electron chi connectivity index (χ4n) is 1.36. The molecule has 0 saturated heterocycles. The lowest BCUT2D eigenvalue weighted by molar-refractivity contribution is -0.389. The van der Waals surface area contributed by atoms with Crippen molar-refractivity contribution in [1.29, 1.82) is 0 Å². The lowest BCUT2D eigenvalue weighted by atomic mass is 10.3. The summed E-state index contributed by atoms with van der Waals surface area (Å²) in [6, 6.07) is 2.12. The second-order valence-electron chi connectivity index (χ2n) is 3.74. The van der Waals surface area contributed by atoms with Crippen molar-refractivity contribution in [1.82, 2.24) is 19.9 Å². The molecule has 0 amide bonds. The quantitative estimate of drug-likeness (QED) is 0.508. The average Bonchev–Trinajstić information content (AvgIpc) is 2.82. The summed E-state index contributed by atoms with van der Waals surface area (Å²) in [5.41, 5.74) is 6.01. The van der Waals surface area contributed by atoms with E-state index in [-0.39, 0.29) is 17.3 Å².